The molecule has 1 N–H and O–H groups in total. The Bertz CT molecular complexity index is 1410. The van der Waals surface area contributed by atoms with Crippen molar-refractivity contribution in [1.29, 1.82) is 0 Å². The van der Waals surface area contributed by atoms with Crippen molar-refractivity contribution in [2.24, 2.45) is 0 Å². The van der Waals surface area contributed by atoms with Crippen molar-refractivity contribution in [3.8, 4) is 5.69 Å². The molecule has 0 atom stereocenters. The lowest BCUT2D eigenvalue weighted by molar-refractivity contribution is -0.146. The number of alkyl halides is 3. The molecule has 1 aliphatic rings. The van der Waals surface area contributed by atoms with E-state index in [1.165, 1.54) is 39.9 Å². The number of rotatable bonds is 6. The Hall–Kier alpha value is -3.26. The number of carbonyl (C=O) groups is 1. The Morgan fingerprint density at radius 2 is 1.73 bits per heavy atom. The maximum atomic E-state index is 13.6. The third-order valence-corrected chi connectivity index (χ3v) is 6.44. The van der Waals surface area contributed by atoms with Crippen LogP contribution in [0.2, 0.25) is 0 Å². The van der Waals surface area contributed by atoms with E-state index in [1.54, 1.807) is 0 Å². The number of halogens is 4. The van der Waals surface area contributed by atoms with Gasteiger partial charge in [0.05, 0.1) is 35.3 Å². The van der Waals surface area contributed by atoms with Crippen molar-refractivity contribution < 1.29 is 30.8 Å². The number of carbonyl (C=O) groups excluding carboxylic acids is 1. The summed E-state index contributed by atoms with van der Waals surface area (Å²) in [4.78, 5) is 20.4. The van der Waals surface area contributed by atoms with Gasteiger partial charge in [0.1, 0.15) is 11.5 Å². The first-order valence-corrected chi connectivity index (χ1v) is 13.4. The second-order valence-corrected chi connectivity index (χ2v) is 11.0. The topological polar surface area (TPSA) is 100 Å². The van der Waals surface area contributed by atoms with Gasteiger partial charge < -0.3 is 4.90 Å². The molecule has 0 radical (unpaired) electrons. The third kappa shape index (κ3) is 6.18. The highest BCUT2D eigenvalue weighted by atomic mass is 32.2. The predicted molar refractivity (Wildman–Crippen MR) is 130 cm³/mol. The Balaban J connectivity index is 1.87. The van der Waals surface area contributed by atoms with Crippen molar-refractivity contribution in [2.45, 2.75) is 25.9 Å². The summed E-state index contributed by atoms with van der Waals surface area (Å²) < 4.78 is 79.0. The predicted octanol–water partition coefficient (Wildman–Crippen LogP) is 3.06. The first kappa shape index (κ1) is 26.8. The molecule has 37 heavy (non-hydrogen) atoms. The highest BCUT2D eigenvalue weighted by Gasteiger charge is 2.33. The van der Waals surface area contributed by atoms with E-state index >= 15 is 0 Å². The van der Waals surface area contributed by atoms with Crippen molar-refractivity contribution >= 4 is 32.7 Å². The zero-order chi connectivity index (χ0) is 27.1. The fourth-order valence-corrected chi connectivity index (χ4v) is 4.72. The number of hydrogen-bond acceptors (Lipinski definition) is 7. The van der Waals surface area contributed by atoms with E-state index in [1.807, 2.05) is 23.5 Å². The van der Waals surface area contributed by atoms with Gasteiger partial charge in [-0.25, -0.2) is 27.2 Å². The van der Waals surface area contributed by atoms with Crippen LogP contribution in [0.4, 0.5) is 23.2 Å². The largest absolute Gasteiger partial charge is 0.401 e. The van der Waals surface area contributed by atoms with Gasteiger partial charge in [0.25, 0.3) is 5.91 Å². The van der Waals surface area contributed by atoms with Crippen LogP contribution in [0.3, 0.4) is 0 Å². The Labute approximate surface area is 211 Å². The summed E-state index contributed by atoms with van der Waals surface area (Å²) in [6.07, 6.45) is -3.48. The lowest BCUT2D eigenvalue weighted by Crippen LogP contribution is -2.49. The number of nitrogens with one attached hydrogen (secondary N) is 1. The lowest BCUT2D eigenvalue weighted by atomic mass is 10.0. The zero-order valence-corrected chi connectivity index (χ0v) is 21.2. The molecule has 14 heteroatoms. The van der Waals surface area contributed by atoms with Crippen LogP contribution in [0.5, 0.6) is 0 Å². The molecule has 0 unspecified atom stereocenters. The molecule has 3 heterocycles. The van der Waals surface area contributed by atoms with Gasteiger partial charge in [0.15, 0.2) is 5.65 Å². The standard InChI is InChI=1S/C23H26F4N6O3S/c1-14(2)20-19-18(32-10-8-31(9-11-32)13-23(25,26)27)12-17(22(34)30-37(3,35)36)28-21(19)33(29-20)16-6-4-15(24)5-7-16/h4-7,12,14H,8-11,13H2,1-3H3,(H,30,34). The number of nitrogens with zero attached hydrogens (tertiary/aromatic N) is 5. The van der Waals surface area contributed by atoms with Crippen LogP contribution in [0.1, 0.15) is 35.9 Å². The molecule has 0 spiro atoms. The number of fused-ring (bicyclic) bond motifs is 1. The summed E-state index contributed by atoms with van der Waals surface area (Å²) in [5.74, 6) is -1.52. The molecule has 0 aliphatic carbocycles. The minimum absolute atomic E-state index is 0.105. The van der Waals surface area contributed by atoms with Gasteiger partial charge in [-0.1, -0.05) is 13.8 Å². The minimum Gasteiger partial charge on any atom is -0.368 e. The molecule has 1 amide bonds. The molecule has 3 aromatic rings. The number of anilines is 1. The molecule has 0 bridgehead atoms. The van der Waals surface area contributed by atoms with Crippen LogP contribution in [-0.2, 0) is 10.0 Å². The van der Waals surface area contributed by atoms with Crippen LogP contribution < -0.4 is 9.62 Å². The quantitative estimate of drug-likeness (QED) is 0.478. The average Bonchev–Trinajstić information content (AvgIpc) is 3.17. The summed E-state index contributed by atoms with van der Waals surface area (Å²) in [6, 6.07) is 6.92. The summed E-state index contributed by atoms with van der Waals surface area (Å²) in [5.41, 5.74) is 1.63. The molecule has 200 valence electrons. The second-order valence-electron chi connectivity index (χ2n) is 9.24. The van der Waals surface area contributed by atoms with Crippen molar-refractivity contribution in [1.82, 2.24) is 24.4 Å². The average molecular weight is 543 g/mol. The molecule has 1 saturated heterocycles. The Morgan fingerprint density at radius 1 is 1.11 bits per heavy atom. The Kier molecular flexibility index (Phi) is 7.16. The van der Waals surface area contributed by atoms with Crippen LogP contribution >= 0.6 is 0 Å². The van der Waals surface area contributed by atoms with Crippen molar-refractivity contribution in [3.05, 3.63) is 47.5 Å². The number of hydrogen-bond donors (Lipinski definition) is 1. The van der Waals surface area contributed by atoms with Gasteiger partial charge in [-0.2, -0.15) is 18.3 Å². The van der Waals surface area contributed by atoms with Gasteiger partial charge in [0, 0.05) is 26.2 Å². The first-order chi connectivity index (χ1) is 17.2. The lowest BCUT2D eigenvalue weighted by Gasteiger charge is -2.36. The Morgan fingerprint density at radius 3 is 2.27 bits per heavy atom. The highest BCUT2D eigenvalue weighted by Crippen LogP contribution is 2.35. The van der Waals surface area contributed by atoms with Crippen LogP contribution in [-0.4, -0.2) is 79.1 Å². The number of sulfonamides is 1. The summed E-state index contributed by atoms with van der Waals surface area (Å²) >= 11 is 0. The molecule has 0 saturated carbocycles. The number of benzene rings is 1. The molecule has 1 aromatic carbocycles. The first-order valence-electron chi connectivity index (χ1n) is 11.5. The van der Waals surface area contributed by atoms with Crippen molar-refractivity contribution in [3.63, 3.8) is 0 Å². The maximum absolute atomic E-state index is 13.6. The third-order valence-electron chi connectivity index (χ3n) is 5.89. The van der Waals surface area contributed by atoms with E-state index in [4.69, 9.17) is 0 Å². The molecule has 9 nitrogen and oxygen atoms in total. The van der Waals surface area contributed by atoms with Crippen LogP contribution in [0, 0.1) is 5.82 Å². The molecular formula is C23H26F4N6O3S. The van der Waals surface area contributed by atoms with Gasteiger partial charge in [-0.15, -0.1) is 0 Å². The highest BCUT2D eigenvalue weighted by molar-refractivity contribution is 7.89. The number of pyridine rings is 1. The molecule has 1 aliphatic heterocycles. The zero-order valence-electron chi connectivity index (χ0n) is 20.4. The van der Waals surface area contributed by atoms with E-state index in [0.29, 0.717) is 22.5 Å². The summed E-state index contributed by atoms with van der Waals surface area (Å²) in [5, 5.41) is 5.26. The van der Waals surface area contributed by atoms with E-state index < -0.39 is 34.5 Å². The van der Waals surface area contributed by atoms with Gasteiger partial charge in [0.2, 0.25) is 10.0 Å². The van der Waals surface area contributed by atoms with E-state index in [-0.39, 0.29) is 43.4 Å². The maximum Gasteiger partial charge on any atom is 0.401 e. The van der Waals surface area contributed by atoms with Crippen molar-refractivity contribution in [2.75, 3.05) is 43.9 Å². The number of amides is 1. The monoisotopic (exact) mass is 542 g/mol. The number of aromatic nitrogens is 3. The molecular weight excluding hydrogens is 516 g/mol. The summed E-state index contributed by atoms with van der Waals surface area (Å²) in [7, 11) is -3.89. The molecule has 2 aromatic heterocycles. The molecule has 4 rings (SSSR count). The smallest absolute Gasteiger partial charge is 0.368 e. The van der Waals surface area contributed by atoms with E-state index in [2.05, 4.69) is 10.1 Å². The van der Waals surface area contributed by atoms with E-state index in [0.717, 1.165) is 6.26 Å². The van der Waals surface area contributed by atoms with Gasteiger partial charge >= 0.3 is 6.18 Å². The van der Waals surface area contributed by atoms with E-state index in [9.17, 15) is 30.8 Å². The minimum atomic E-state index is -4.32. The normalized spacial score (nSPS) is 15.5. The van der Waals surface area contributed by atoms with Crippen LogP contribution in [0.15, 0.2) is 30.3 Å². The second kappa shape index (κ2) is 9.89. The SMILES string of the molecule is CC(C)c1nn(-c2ccc(F)cc2)c2nc(C(=O)NS(C)(=O)=O)cc(N3CCN(CC(F)(F)F)CC3)c12. The summed E-state index contributed by atoms with van der Waals surface area (Å²) in [6.45, 7) is 3.55. The van der Waals surface area contributed by atoms with Gasteiger partial charge in [-0.3, -0.25) is 9.69 Å². The molecule has 1 fully saturated rings. The van der Waals surface area contributed by atoms with Crippen LogP contribution in [0.25, 0.3) is 16.7 Å². The fraction of sp³-hybridized carbons (Fsp3) is 0.435. The van der Waals surface area contributed by atoms with Gasteiger partial charge in [-0.05, 0) is 36.2 Å². The fourth-order valence-electron chi connectivity index (χ4n) is 4.28. The number of piperazine rings is 1.